The summed E-state index contributed by atoms with van der Waals surface area (Å²) in [5, 5.41) is 0. The van der Waals surface area contributed by atoms with E-state index >= 15 is 0 Å². The van der Waals surface area contributed by atoms with E-state index in [1.54, 1.807) is 24.3 Å². The molecule has 1 spiro atoms. The van der Waals surface area contributed by atoms with Crippen LogP contribution in [0.2, 0.25) is 0 Å². The van der Waals surface area contributed by atoms with Gasteiger partial charge in [0.05, 0.1) is 10.5 Å². The van der Waals surface area contributed by atoms with E-state index in [9.17, 15) is 8.42 Å². The van der Waals surface area contributed by atoms with Gasteiger partial charge in [-0.3, -0.25) is 0 Å². The molecule has 2 fully saturated rings. The lowest BCUT2D eigenvalue weighted by Crippen LogP contribution is -2.63. The van der Waals surface area contributed by atoms with E-state index in [0.29, 0.717) is 17.4 Å². The van der Waals surface area contributed by atoms with E-state index < -0.39 is 10.0 Å². The molecule has 1 aromatic rings. The third-order valence-corrected chi connectivity index (χ3v) is 5.99. The van der Waals surface area contributed by atoms with Crippen LogP contribution in [-0.2, 0) is 14.8 Å². The summed E-state index contributed by atoms with van der Waals surface area (Å²) in [6, 6.07) is 8.51. The highest BCUT2D eigenvalue weighted by atomic mass is 32.2. The van der Waals surface area contributed by atoms with Crippen molar-refractivity contribution in [2.24, 2.45) is 5.92 Å². The third-order valence-electron chi connectivity index (χ3n) is 4.51. The number of hydrogen-bond donors (Lipinski definition) is 1. The standard InChI is InChI=1S/C15H22N2O3S/c1-17-11-15(12-17)13(8-10-20-15)7-9-16-21(18,19)14-5-3-2-4-6-14/h2-6,13,16H,7-12H2,1H3. The fraction of sp³-hybridized carbons (Fsp3) is 0.600. The minimum Gasteiger partial charge on any atom is -0.372 e. The summed E-state index contributed by atoms with van der Waals surface area (Å²) in [6.07, 6.45) is 1.86. The largest absolute Gasteiger partial charge is 0.372 e. The van der Waals surface area contributed by atoms with E-state index in [4.69, 9.17) is 4.74 Å². The summed E-state index contributed by atoms with van der Waals surface area (Å²) in [4.78, 5) is 2.57. The molecule has 5 nitrogen and oxygen atoms in total. The molecule has 3 rings (SSSR count). The van der Waals surface area contributed by atoms with Gasteiger partial charge < -0.3 is 9.64 Å². The van der Waals surface area contributed by atoms with Crippen LogP contribution in [0.3, 0.4) is 0 Å². The van der Waals surface area contributed by atoms with Crippen molar-refractivity contribution in [1.82, 2.24) is 9.62 Å². The molecule has 21 heavy (non-hydrogen) atoms. The van der Waals surface area contributed by atoms with Gasteiger partial charge in [0.15, 0.2) is 0 Å². The number of likely N-dealkylation sites (tertiary alicyclic amines) is 1. The lowest BCUT2D eigenvalue weighted by molar-refractivity contribution is -0.124. The van der Waals surface area contributed by atoms with E-state index in [0.717, 1.165) is 32.5 Å². The van der Waals surface area contributed by atoms with Crippen LogP contribution in [0.4, 0.5) is 0 Å². The topological polar surface area (TPSA) is 58.6 Å². The zero-order valence-corrected chi connectivity index (χ0v) is 13.1. The minimum absolute atomic E-state index is 0.0209. The number of nitrogens with one attached hydrogen (secondary N) is 1. The van der Waals surface area contributed by atoms with E-state index in [1.807, 2.05) is 6.07 Å². The monoisotopic (exact) mass is 310 g/mol. The summed E-state index contributed by atoms with van der Waals surface area (Å²) in [6.45, 7) is 3.19. The Bertz CT molecular complexity index is 582. The van der Waals surface area contributed by atoms with Gasteiger partial charge in [0, 0.05) is 26.2 Å². The molecule has 2 saturated heterocycles. The van der Waals surface area contributed by atoms with Gasteiger partial charge in [-0.25, -0.2) is 13.1 Å². The van der Waals surface area contributed by atoms with Crippen molar-refractivity contribution in [2.45, 2.75) is 23.3 Å². The normalized spacial score (nSPS) is 25.1. The van der Waals surface area contributed by atoms with Gasteiger partial charge in [-0.2, -0.15) is 0 Å². The molecule has 6 heteroatoms. The zero-order chi connectivity index (χ0) is 14.9. The molecule has 2 heterocycles. The fourth-order valence-corrected chi connectivity index (χ4v) is 4.53. The number of likely N-dealkylation sites (N-methyl/N-ethyl adjacent to an activating group) is 1. The van der Waals surface area contributed by atoms with Gasteiger partial charge in [-0.15, -0.1) is 0 Å². The average Bonchev–Trinajstić information content (AvgIpc) is 2.83. The van der Waals surface area contributed by atoms with Crippen LogP contribution >= 0.6 is 0 Å². The maximum atomic E-state index is 12.2. The smallest absolute Gasteiger partial charge is 0.240 e. The highest BCUT2D eigenvalue weighted by Gasteiger charge is 2.51. The van der Waals surface area contributed by atoms with E-state index in [1.165, 1.54) is 0 Å². The SMILES string of the molecule is CN1CC2(C1)OCCC2CCNS(=O)(=O)c1ccccc1. The Labute approximate surface area is 126 Å². The van der Waals surface area contributed by atoms with E-state index in [2.05, 4.69) is 16.7 Å². The molecule has 0 amide bonds. The highest BCUT2D eigenvalue weighted by molar-refractivity contribution is 7.89. The van der Waals surface area contributed by atoms with Gasteiger partial charge in [0.1, 0.15) is 0 Å². The van der Waals surface area contributed by atoms with Crippen molar-refractivity contribution >= 4 is 10.0 Å². The number of sulfonamides is 1. The first kappa shape index (κ1) is 15.0. The van der Waals surface area contributed by atoms with Crippen molar-refractivity contribution < 1.29 is 13.2 Å². The van der Waals surface area contributed by atoms with Crippen molar-refractivity contribution in [3.05, 3.63) is 30.3 Å². The van der Waals surface area contributed by atoms with Crippen LogP contribution in [0.1, 0.15) is 12.8 Å². The van der Waals surface area contributed by atoms with Crippen LogP contribution < -0.4 is 4.72 Å². The first-order valence-electron chi connectivity index (χ1n) is 7.39. The summed E-state index contributed by atoms with van der Waals surface area (Å²) >= 11 is 0. The predicted octanol–water partition coefficient (Wildman–Crippen LogP) is 1.08. The maximum absolute atomic E-state index is 12.2. The number of nitrogens with zero attached hydrogens (tertiary/aromatic N) is 1. The van der Waals surface area contributed by atoms with Crippen LogP contribution in [0, 0.1) is 5.92 Å². The minimum atomic E-state index is -3.39. The second kappa shape index (κ2) is 5.68. The molecular formula is C15H22N2O3S. The Morgan fingerprint density at radius 1 is 1.33 bits per heavy atom. The van der Waals surface area contributed by atoms with Crippen molar-refractivity contribution in [3.8, 4) is 0 Å². The lowest BCUT2D eigenvalue weighted by atomic mass is 9.79. The fourth-order valence-electron chi connectivity index (χ4n) is 3.46. The second-order valence-corrected chi connectivity index (χ2v) is 7.84. The maximum Gasteiger partial charge on any atom is 0.240 e. The molecule has 0 saturated carbocycles. The van der Waals surface area contributed by atoms with Crippen LogP contribution in [0.15, 0.2) is 35.2 Å². The molecule has 1 aromatic carbocycles. The summed E-state index contributed by atoms with van der Waals surface area (Å²) in [5.74, 6) is 0.451. The molecule has 2 aliphatic rings. The number of ether oxygens (including phenoxy) is 1. The Kier molecular flexibility index (Phi) is 4.05. The van der Waals surface area contributed by atoms with Crippen molar-refractivity contribution in [3.63, 3.8) is 0 Å². The molecule has 1 N–H and O–H groups in total. The molecule has 0 bridgehead atoms. The average molecular weight is 310 g/mol. The van der Waals surface area contributed by atoms with Gasteiger partial charge >= 0.3 is 0 Å². The van der Waals surface area contributed by atoms with Gasteiger partial charge in [-0.1, -0.05) is 18.2 Å². The molecule has 0 aromatic heterocycles. The molecule has 116 valence electrons. The predicted molar refractivity (Wildman–Crippen MR) is 80.5 cm³/mol. The van der Waals surface area contributed by atoms with Crippen LogP contribution in [0.25, 0.3) is 0 Å². The summed E-state index contributed by atoms with van der Waals surface area (Å²) in [7, 11) is -1.30. The lowest BCUT2D eigenvalue weighted by Gasteiger charge is -2.48. The molecule has 0 aliphatic carbocycles. The number of hydrogen-bond acceptors (Lipinski definition) is 4. The molecule has 2 aliphatic heterocycles. The Balaban J connectivity index is 1.55. The number of rotatable bonds is 5. The van der Waals surface area contributed by atoms with Gasteiger partial charge in [-0.05, 0) is 37.9 Å². The first-order valence-corrected chi connectivity index (χ1v) is 8.87. The Morgan fingerprint density at radius 2 is 2.05 bits per heavy atom. The van der Waals surface area contributed by atoms with Gasteiger partial charge in [0.25, 0.3) is 0 Å². The zero-order valence-electron chi connectivity index (χ0n) is 12.3. The Hall–Kier alpha value is -0.950. The molecular weight excluding hydrogens is 288 g/mol. The van der Waals surface area contributed by atoms with Crippen LogP contribution in [-0.4, -0.2) is 52.2 Å². The second-order valence-electron chi connectivity index (χ2n) is 6.07. The van der Waals surface area contributed by atoms with E-state index in [-0.39, 0.29) is 5.60 Å². The summed E-state index contributed by atoms with van der Waals surface area (Å²) < 4.78 is 32.9. The number of benzene rings is 1. The quantitative estimate of drug-likeness (QED) is 0.884. The molecule has 1 unspecified atom stereocenters. The third kappa shape index (κ3) is 2.99. The van der Waals surface area contributed by atoms with Gasteiger partial charge in [0.2, 0.25) is 10.0 Å². The van der Waals surface area contributed by atoms with Crippen LogP contribution in [0.5, 0.6) is 0 Å². The molecule has 0 radical (unpaired) electrons. The molecule has 1 atom stereocenters. The Morgan fingerprint density at radius 3 is 2.71 bits per heavy atom. The first-order chi connectivity index (χ1) is 10.0. The summed E-state index contributed by atoms with van der Waals surface area (Å²) in [5.41, 5.74) is -0.0209. The highest BCUT2D eigenvalue weighted by Crippen LogP contribution is 2.40. The van der Waals surface area contributed by atoms with Crippen molar-refractivity contribution in [1.29, 1.82) is 0 Å². The van der Waals surface area contributed by atoms with Crippen molar-refractivity contribution in [2.75, 3.05) is 33.3 Å².